The van der Waals surface area contributed by atoms with Crippen molar-refractivity contribution < 1.29 is 22.1 Å². The molecule has 2 nitrogen and oxygen atoms in total. The molecule has 0 fully saturated rings. The number of benzene rings is 1. The molecule has 0 saturated carbocycles. The van der Waals surface area contributed by atoms with Gasteiger partial charge in [-0.1, -0.05) is 0 Å². The molecule has 0 unspecified atom stereocenters. The first-order valence-corrected chi connectivity index (χ1v) is 6.66. The molecule has 2 rings (SSSR count). The van der Waals surface area contributed by atoms with E-state index in [1.54, 1.807) is 23.9 Å². The van der Waals surface area contributed by atoms with Gasteiger partial charge in [0.25, 0.3) is 0 Å². The third-order valence-electron chi connectivity index (χ3n) is 3.63. The summed E-state index contributed by atoms with van der Waals surface area (Å²) in [6.07, 6.45) is -2.81. The smallest absolute Gasteiger partial charge is 0.377 e. The third-order valence-corrected chi connectivity index (χ3v) is 3.63. The van der Waals surface area contributed by atoms with Gasteiger partial charge in [0.05, 0.1) is 11.1 Å². The Labute approximate surface area is 126 Å². The van der Waals surface area contributed by atoms with Gasteiger partial charge in [-0.05, 0) is 24.6 Å². The van der Waals surface area contributed by atoms with Crippen molar-refractivity contribution in [3.8, 4) is 11.3 Å². The number of pyridine rings is 1. The molecule has 0 spiro atoms. The second-order valence-electron chi connectivity index (χ2n) is 5.37. The van der Waals surface area contributed by atoms with Gasteiger partial charge in [-0.2, -0.15) is 13.2 Å². The Morgan fingerprint density at radius 1 is 1.09 bits per heavy atom. The van der Waals surface area contributed by atoms with E-state index < -0.39 is 17.6 Å². The number of aryl methyl sites for hydroxylation is 1. The van der Waals surface area contributed by atoms with Crippen LogP contribution in [-0.2, 0) is 13.2 Å². The maximum Gasteiger partial charge on any atom is 0.416 e. The van der Waals surface area contributed by atoms with Crippen LogP contribution in [0.15, 0.2) is 30.5 Å². The minimum Gasteiger partial charge on any atom is -0.377 e. The first kappa shape index (κ1) is 16.3. The van der Waals surface area contributed by atoms with Gasteiger partial charge in [0.1, 0.15) is 12.9 Å². The van der Waals surface area contributed by atoms with E-state index in [0.29, 0.717) is 5.69 Å². The highest BCUT2D eigenvalue weighted by molar-refractivity contribution is 5.67. The van der Waals surface area contributed by atoms with Gasteiger partial charge >= 0.3 is 6.18 Å². The fourth-order valence-corrected chi connectivity index (χ4v) is 2.39. The minimum absolute atomic E-state index is 0.0268. The van der Waals surface area contributed by atoms with Crippen molar-refractivity contribution in [2.75, 3.05) is 19.0 Å². The molecule has 0 amide bonds. The number of anilines is 1. The van der Waals surface area contributed by atoms with Crippen molar-refractivity contribution in [2.45, 2.75) is 13.1 Å². The van der Waals surface area contributed by atoms with E-state index in [1.807, 2.05) is 25.1 Å². The zero-order chi connectivity index (χ0) is 16.7. The Bertz CT molecular complexity index is 706. The summed E-state index contributed by atoms with van der Waals surface area (Å²) in [6.45, 7) is 1.30. The second kappa shape index (κ2) is 5.59. The number of hydrogen-bond acceptors (Lipinski definition) is 1. The van der Waals surface area contributed by atoms with Crippen LogP contribution in [0.25, 0.3) is 11.3 Å². The van der Waals surface area contributed by atoms with Crippen LogP contribution >= 0.6 is 0 Å². The Morgan fingerprint density at radius 3 is 2.27 bits per heavy atom. The van der Waals surface area contributed by atoms with Crippen LogP contribution in [0.5, 0.6) is 0 Å². The average Bonchev–Trinajstić information content (AvgIpc) is 2.38. The van der Waals surface area contributed by atoms with Crippen LogP contribution in [0.3, 0.4) is 0 Å². The molecule has 0 aliphatic carbocycles. The van der Waals surface area contributed by atoms with Gasteiger partial charge in [0.2, 0.25) is 5.69 Å². The molecule has 22 heavy (non-hydrogen) atoms. The predicted molar refractivity (Wildman–Crippen MR) is 77.1 cm³/mol. The molecule has 0 bridgehead atoms. The Balaban J connectivity index is 2.75. The summed E-state index contributed by atoms with van der Waals surface area (Å²) in [4.78, 5) is 1.81. The fourth-order valence-electron chi connectivity index (χ4n) is 2.39. The molecule has 1 aromatic carbocycles. The highest BCUT2D eigenvalue weighted by Gasteiger charge is 2.35. The zero-order valence-corrected chi connectivity index (χ0v) is 12.8. The van der Waals surface area contributed by atoms with Crippen molar-refractivity contribution in [3.63, 3.8) is 0 Å². The summed E-state index contributed by atoms with van der Waals surface area (Å²) < 4.78 is 55.0. The molecule has 1 aromatic heterocycles. The lowest BCUT2D eigenvalue weighted by Gasteiger charge is -2.16. The third kappa shape index (κ3) is 2.91. The lowest BCUT2D eigenvalue weighted by molar-refractivity contribution is -0.660. The molecule has 2 aromatic rings. The number of alkyl halides is 3. The largest absolute Gasteiger partial charge is 0.416 e. The zero-order valence-electron chi connectivity index (χ0n) is 12.8. The normalized spacial score (nSPS) is 11.6. The molecule has 0 aliphatic heterocycles. The summed E-state index contributed by atoms with van der Waals surface area (Å²) in [5.41, 5.74) is 0.218. The quantitative estimate of drug-likeness (QED) is 0.605. The van der Waals surface area contributed by atoms with Gasteiger partial charge in [0.15, 0.2) is 6.20 Å². The second-order valence-corrected chi connectivity index (χ2v) is 5.37. The first-order chi connectivity index (χ1) is 10.1. The summed E-state index contributed by atoms with van der Waals surface area (Å²) in [6, 6.07) is 5.13. The molecule has 0 atom stereocenters. The highest BCUT2D eigenvalue weighted by Crippen LogP contribution is 2.37. The van der Waals surface area contributed by atoms with E-state index in [9.17, 15) is 17.6 Å². The summed E-state index contributed by atoms with van der Waals surface area (Å²) >= 11 is 0. The van der Waals surface area contributed by atoms with Crippen molar-refractivity contribution in [2.24, 2.45) is 7.05 Å². The van der Waals surface area contributed by atoms with E-state index in [4.69, 9.17) is 0 Å². The summed E-state index contributed by atoms with van der Waals surface area (Å²) in [5, 5.41) is 0. The van der Waals surface area contributed by atoms with E-state index in [2.05, 4.69) is 0 Å². The van der Waals surface area contributed by atoms with Crippen LogP contribution in [0.1, 0.15) is 11.1 Å². The van der Waals surface area contributed by atoms with E-state index in [-0.39, 0.29) is 11.1 Å². The van der Waals surface area contributed by atoms with Crippen LogP contribution in [0, 0.1) is 12.7 Å². The standard InChI is InChI=1S/C16H17F4N2/c1-10-12(16(18,19)20)5-6-13(17)15(10)14-9-11(21(2)3)7-8-22(14)4/h5-9H,1-4H3/q+1. The van der Waals surface area contributed by atoms with Crippen LogP contribution in [0.4, 0.5) is 23.2 Å². The Hall–Kier alpha value is -2.11. The minimum atomic E-state index is -4.51. The molecule has 0 N–H and O–H groups in total. The number of halogens is 4. The number of hydrogen-bond donors (Lipinski definition) is 0. The van der Waals surface area contributed by atoms with Crippen molar-refractivity contribution in [3.05, 3.63) is 47.4 Å². The maximum atomic E-state index is 14.2. The van der Waals surface area contributed by atoms with Crippen LogP contribution < -0.4 is 9.47 Å². The van der Waals surface area contributed by atoms with E-state index in [0.717, 1.165) is 17.8 Å². The van der Waals surface area contributed by atoms with E-state index >= 15 is 0 Å². The molecule has 0 saturated heterocycles. The molecule has 1 heterocycles. The van der Waals surface area contributed by atoms with Crippen LogP contribution in [0.2, 0.25) is 0 Å². The van der Waals surface area contributed by atoms with Crippen molar-refractivity contribution >= 4 is 5.69 Å². The van der Waals surface area contributed by atoms with Gasteiger partial charge in [-0.25, -0.2) is 8.96 Å². The average molecular weight is 313 g/mol. The lowest BCUT2D eigenvalue weighted by Crippen LogP contribution is -2.31. The first-order valence-electron chi connectivity index (χ1n) is 6.66. The van der Waals surface area contributed by atoms with Gasteiger partial charge < -0.3 is 4.90 Å². The maximum absolute atomic E-state index is 14.2. The van der Waals surface area contributed by atoms with Crippen molar-refractivity contribution in [1.29, 1.82) is 0 Å². The van der Waals surface area contributed by atoms with Gasteiger partial charge in [-0.15, -0.1) is 0 Å². The molecular weight excluding hydrogens is 296 g/mol. The van der Waals surface area contributed by atoms with Gasteiger partial charge in [-0.3, -0.25) is 0 Å². The summed E-state index contributed by atoms with van der Waals surface area (Å²) in [7, 11) is 5.30. The Kier molecular flexibility index (Phi) is 4.13. The molecule has 0 aliphatic rings. The van der Waals surface area contributed by atoms with Crippen molar-refractivity contribution in [1.82, 2.24) is 0 Å². The summed E-state index contributed by atoms with van der Waals surface area (Å²) in [5.74, 6) is -0.669. The molecule has 6 heteroatoms. The Morgan fingerprint density at radius 2 is 1.73 bits per heavy atom. The monoisotopic (exact) mass is 313 g/mol. The number of aromatic nitrogens is 1. The molecule has 118 valence electrons. The lowest BCUT2D eigenvalue weighted by atomic mass is 9.98. The van der Waals surface area contributed by atoms with Crippen LogP contribution in [-0.4, -0.2) is 14.1 Å². The van der Waals surface area contributed by atoms with Gasteiger partial charge in [0, 0.05) is 31.9 Å². The molecular formula is C16H17F4N2+. The number of rotatable bonds is 2. The number of nitrogens with zero attached hydrogens (tertiary/aromatic N) is 2. The van der Waals surface area contributed by atoms with E-state index in [1.165, 1.54) is 6.92 Å². The SMILES string of the molecule is Cc1c(C(F)(F)F)ccc(F)c1-c1cc(N(C)C)cc[n+]1C. The highest BCUT2D eigenvalue weighted by atomic mass is 19.4. The fraction of sp³-hybridized carbons (Fsp3) is 0.312. The predicted octanol–water partition coefficient (Wildman–Crippen LogP) is 3.71. The molecule has 0 radical (unpaired) electrons. The topological polar surface area (TPSA) is 7.12 Å².